The van der Waals surface area contributed by atoms with Gasteiger partial charge in [0.25, 0.3) is 5.91 Å². The lowest BCUT2D eigenvalue weighted by atomic mass is 10.1. The molecular formula is C19H25N3O3. The van der Waals surface area contributed by atoms with Gasteiger partial charge in [-0.05, 0) is 31.0 Å². The van der Waals surface area contributed by atoms with Crippen LogP contribution in [0, 0.1) is 6.92 Å². The van der Waals surface area contributed by atoms with E-state index in [-0.39, 0.29) is 12.5 Å². The van der Waals surface area contributed by atoms with Crippen LogP contribution in [0.2, 0.25) is 0 Å². The standard InChI is InChI=1S/C19H25N3O3/c1-5-6-7-8-15-9-16(24-4)11-17(10-15)25-13-19(23)21-18-12-20-22(3)14(18)2/h7-12H,5-6,13H2,1-4H3,(H,21,23)/b8-7+. The largest absolute Gasteiger partial charge is 0.497 e. The zero-order valence-corrected chi connectivity index (χ0v) is 15.2. The molecule has 1 amide bonds. The first-order valence-corrected chi connectivity index (χ1v) is 8.30. The SMILES string of the molecule is CCC/C=C/c1cc(OC)cc(OCC(=O)Nc2cnn(C)c2C)c1. The summed E-state index contributed by atoms with van der Waals surface area (Å²) in [5.41, 5.74) is 2.55. The predicted octanol–water partition coefficient (Wildman–Crippen LogP) is 3.57. The van der Waals surface area contributed by atoms with E-state index in [0.717, 1.165) is 24.1 Å². The third-order valence-corrected chi connectivity index (χ3v) is 3.78. The highest BCUT2D eigenvalue weighted by Gasteiger charge is 2.09. The fraction of sp³-hybridized carbons (Fsp3) is 0.368. The summed E-state index contributed by atoms with van der Waals surface area (Å²) in [5.74, 6) is 1.05. The molecule has 0 bridgehead atoms. The van der Waals surface area contributed by atoms with Crippen LogP contribution in [-0.4, -0.2) is 29.4 Å². The number of unbranched alkanes of at least 4 members (excludes halogenated alkanes) is 1. The Morgan fingerprint density at radius 2 is 2.08 bits per heavy atom. The molecule has 1 aromatic heterocycles. The van der Waals surface area contributed by atoms with Gasteiger partial charge in [0.15, 0.2) is 6.61 Å². The molecule has 6 nitrogen and oxygen atoms in total. The van der Waals surface area contributed by atoms with Gasteiger partial charge in [0.2, 0.25) is 0 Å². The smallest absolute Gasteiger partial charge is 0.262 e. The van der Waals surface area contributed by atoms with Crippen molar-refractivity contribution in [3.05, 3.63) is 41.7 Å². The molecule has 0 saturated heterocycles. The number of rotatable bonds is 8. The van der Waals surface area contributed by atoms with Crippen LogP contribution >= 0.6 is 0 Å². The molecule has 0 unspecified atom stereocenters. The maximum Gasteiger partial charge on any atom is 0.262 e. The maximum atomic E-state index is 12.1. The van der Waals surface area contributed by atoms with Crippen molar-refractivity contribution in [2.75, 3.05) is 19.0 Å². The number of carbonyl (C=O) groups excluding carboxylic acids is 1. The summed E-state index contributed by atoms with van der Waals surface area (Å²) in [6, 6.07) is 5.58. The highest BCUT2D eigenvalue weighted by atomic mass is 16.5. The van der Waals surface area contributed by atoms with E-state index in [4.69, 9.17) is 9.47 Å². The van der Waals surface area contributed by atoms with Crippen molar-refractivity contribution >= 4 is 17.7 Å². The Kier molecular flexibility index (Phi) is 6.62. The van der Waals surface area contributed by atoms with Crippen LogP contribution in [0.5, 0.6) is 11.5 Å². The zero-order chi connectivity index (χ0) is 18.2. The van der Waals surface area contributed by atoms with Gasteiger partial charge in [-0.15, -0.1) is 0 Å². The van der Waals surface area contributed by atoms with E-state index in [1.54, 1.807) is 24.1 Å². The van der Waals surface area contributed by atoms with Crippen LogP contribution in [0.15, 0.2) is 30.5 Å². The lowest BCUT2D eigenvalue weighted by Crippen LogP contribution is -2.20. The fourth-order valence-electron chi connectivity index (χ4n) is 2.23. The van der Waals surface area contributed by atoms with Crippen LogP contribution in [0.1, 0.15) is 31.0 Å². The van der Waals surface area contributed by atoms with E-state index >= 15 is 0 Å². The van der Waals surface area contributed by atoms with Gasteiger partial charge in [0.05, 0.1) is 24.7 Å². The molecule has 2 aromatic rings. The van der Waals surface area contributed by atoms with Gasteiger partial charge in [-0.1, -0.05) is 25.5 Å². The topological polar surface area (TPSA) is 65.4 Å². The molecule has 0 fully saturated rings. The van der Waals surface area contributed by atoms with Crippen molar-refractivity contribution in [2.45, 2.75) is 26.7 Å². The summed E-state index contributed by atoms with van der Waals surface area (Å²) in [7, 11) is 3.43. The molecule has 0 saturated carbocycles. The number of methoxy groups -OCH3 is 1. The number of nitrogens with one attached hydrogen (secondary N) is 1. The highest BCUT2D eigenvalue weighted by Crippen LogP contribution is 2.24. The number of anilines is 1. The monoisotopic (exact) mass is 343 g/mol. The first-order chi connectivity index (χ1) is 12.0. The van der Waals surface area contributed by atoms with Gasteiger partial charge in [-0.25, -0.2) is 0 Å². The Bertz CT molecular complexity index is 750. The average molecular weight is 343 g/mol. The average Bonchev–Trinajstić information content (AvgIpc) is 2.92. The minimum absolute atomic E-state index is 0.0837. The van der Waals surface area contributed by atoms with Crippen molar-refractivity contribution in [3.8, 4) is 11.5 Å². The molecule has 0 atom stereocenters. The third kappa shape index (κ3) is 5.38. The third-order valence-electron chi connectivity index (χ3n) is 3.78. The molecular weight excluding hydrogens is 318 g/mol. The molecule has 1 heterocycles. The summed E-state index contributed by atoms with van der Waals surface area (Å²) < 4.78 is 12.6. The summed E-state index contributed by atoms with van der Waals surface area (Å²) in [4.78, 5) is 12.1. The Morgan fingerprint density at radius 1 is 1.32 bits per heavy atom. The maximum absolute atomic E-state index is 12.1. The van der Waals surface area contributed by atoms with E-state index in [1.165, 1.54) is 0 Å². The molecule has 0 aliphatic carbocycles. The number of benzene rings is 1. The molecule has 134 valence electrons. The van der Waals surface area contributed by atoms with Gasteiger partial charge in [-0.3, -0.25) is 9.48 Å². The number of allylic oxidation sites excluding steroid dienone is 1. The van der Waals surface area contributed by atoms with Gasteiger partial charge in [0, 0.05) is 13.1 Å². The quantitative estimate of drug-likeness (QED) is 0.796. The van der Waals surface area contributed by atoms with Crippen LogP contribution < -0.4 is 14.8 Å². The zero-order valence-electron chi connectivity index (χ0n) is 15.2. The van der Waals surface area contributed by atoms with E-state index in [9.17, 15) is 4.79 Å². The minimum Gasteiger partial charge on any atom is -0.497 e. The lowest BCUT2D eigenvalue weighted by molar-refractivity contribution is -0.118. The summed E-state index contributed by atoms with van der Waals surface area (Å²) in [6.07, 6.45) is 7.86. The molecule has 2 rings (SSSR count). The second-order valence-corrected chi connectivity index (χ2v) is 5.74. The Morgan fingerprint density at radius 3 is 2.72 bits per heavy atom. The van der Waals surface area contributed by atoms with Gasteiger partial charge in [0.1, 0.15) is 11.5 Å². The van der Waals surface area contributed by atoms with E-state index in [0.29, 0.717) is 17.2 Å². The van der Waals surface area contributed by atoms with Crippen LogP contribution in [0.3, 0.4) is 0 Å². The number of carbonyl (C=O) groups is 1. The first-order valence-electron chi connectivity index (χ1n) is 8.30. The number of aromatic nitrogens is 2. The number of hydrogen-bond donors (Lipinski definition) is 1. The molecule has 25 heavy (non-hydrogen) atoms. The number of nitrogens with zero attached hydrogens (tertiary/aromatic N) is 2. The second kappa shape index (κ2) is 8.92. The van der Waals surface area contributed by atoms with Crippen molar-refractivity contribution < 1.29 is 14.3 Å². The van der Waals surface area contributed by atoms with Crippen LogP contribution in [0.4, 0.5) is 5.69 Å². The van der Waals surface area contributed by atoms with Crippen molar-refractivity contribution in [3.63, 3.8) is 0 Å². The second-order valence-electron chi connectivity index (χ2n) is 5.74. The predicted molar refractivity (Wildman–Crippen MR) is 99.0 cm³/mol. The first kappa shape index (κ1) is 18.6. The Balaban J connectivity index is 2.00. The molecule has 0 aliphatic rings. The summed E-state index contributed by atoms with van der Waals surface area (Å²) in [5, 5.41) is 6.89. The Labute approximate surface area is 148 Å². The van der Waals surface area contributed by atoms with E-state index in [2.05, 4.69) is 23.4 Å². The van der Waals surface area contributed by atoms with Gasteiger partial charge in [-0.2, -0.15) is 5.10 Å². The molecule has 6 heteroatoms. The number of aryl methyl sites for hydroxylation is 1. The Hall–Kier alpha value is -2.76. The van der Waals surface area contributed by atoms with Gasteiger partial charge < -0.3 is 14.8 Å². The minimum atomic E-state index is -0.234. The number of ether oxygens (including phenoxy) is 2. The summed E-state index contributed by atoms with van der Waals surface area (Å²) in [6.45, 7) is 3.94. The highest BCUT2D eigenvalue weighted by molar-refractivity contribution is 5.92. The molecule has 0 aliphatic heterocycles. The normalized spacial score (nSPS) is 10.9. The number of hydrogen-bond acceptors (Lipinski definition) is 4. The van der Waals surface area contributed by atoms with Crippen LogP contribution in [0.25, 0.3) is 6.08 Å². The fourth-order valence-corrected chi connectivity index (χ4v) is 2.23. The van der Waals surface area contributed by atoms with Crippen LogP contribution in [-0.2, 0) is 11.8 Å². The molecule has 0 spiro atoms. The van der Waals surface area contributed by atoms with E-state index < -0.39 is 0 Å². The molecule has 1 aromatic carbocycles. The van der Waals surface area contributed by atoms with Gasteiger partial charge >= 0.3 is 0 Å². The van der Waals surface area contributed by atoms with E-state index in [1.807, 2.05) is 32.2 Å². The van der Waals surface area contributed by atoms with Crippen molar-refractivity contribution in [1.29, 1.82) is 0 Å². The van der Waals surface area contributed by atoms with Crippen molar-refractivity contribution in [2.24, 2.45) is 7.05 Å². The van der Waals surface area contributed by atoms with Crippen molar-refractivity contribution in [1.82, 2.24) is 9.78 Å². The molecule has 1 N–H and O–H groups in total. The lowest BCUT2D eigenvalue weighted by Gasteiger charge is -2.10. The number of amides is 1. The summed E-state index contributed by atoms with van der Waals surface area (Å²) >= 11 is 0. The molecule has 0 radical (unpaired) electrons.